The minimum Gasteiger partial charge on any atom is -0.480 e. The largest absolute Gasteiger partial charge is 0.480 e. The molecule has 0 saturated carbocycles. The van der Waals surface area contributed by atoms with Gasteiger partial charge in [-0.05, 0) is 42.8 Å². The molecule has 1 aliphatic rings. The highest BCUT2D eigenvalue weighted by molar-refractivity contribution is 5.99. The van der Waals surface area contributed by atoms with Crippen molar-refractivity contribution in [1.82, 2.24) is 30.0 Å². The van der Waals surface area contributed by atoms with Crippen molar-refractivity contribution in [3.05, 3.63) is 77.0 Å². The Morgan fingerprint density at radius 3 is 2.68 bits per heavy atom. The zero-order valence-electron chi connectivity index (χ0n) is 18.8. The van der Waals surface area contributed by atoms with Gasteiger partial charge in [-0.2, -0.15) is 5.10 Å². The number of nitrogens with two attached hydrogens (primary N) is 1. The molecular formula is C24H23N7O3. The molecule has 10 nitrogen and oxygen atoms in total. The third kappa shape index (κ3) is 3.99. The minimum absolute atomic E-state index is 0.191. The van der Waals surface area contributed by atoms with Gasteiger partial charge in [-0.1, -0.05) is 0 Å². The Hall–Kier alpha value is -4.18. The molecule has 34 heavy (non-hydrogen) atoms. The molecule has 5 rings (SSSR count). The number of ether oxygens (including phenoxy) is 2. The first kappa shape index (κ1) is 21.7. The lowest BCUT2D eigenvalue weighted by molar-refractivity contribution is 0.0663. The van der Waals surface area contributed by atoms with Gasteiger partial charge in [-0.3, -0.25) is 4.79 Å². The van der Waals surface area contributed by atoms with E-state index in [1.807, 2.05) is 19.1 Å². The second kappa shape index (κ2) is 8.99. The maximum absolute atomic E-state index is 13.8. The van der Waals surface area contributed by atoms with E-state index in [9.17, 15) is 4.79 Å². The monoisotopic (exact) mass is 457 g/mol. The number of hydrogen-bond donors (Lipinski definition) is 1. The predicted molar refractivity (Wildman–Crippen MR) is 124 cm³/mol. The highest BCUT2D eigenvalue weighted by Crippen LogP contribution is 2.32. The Bertz CT molecular complexity index is 1350. The second-order valence-electron chi connectivity index (χ2n) is 7.96. The first-order valence-corrected chi connectivity index (χ1v) is 10.8. The molecule has 4 aromatic rings. The number of benzene rings is 1. The third-order valence-corrected chi connectivity index (χ3v) is 5.90. The van der Waals surface area contributed by atoms with Crippen molar-refractivity contribution in [2.45, 2.75) is 32.7 Å². The van der Waals surface area contributed by atoms with E-state index in [0.29, 0.717) is 42.0 Å². The fourth-order valence-electron chi connectivity index (χ4n) is 4.04. The Kier molecular flexibility index (Phi) is 5.72. The number of carbonyl (C=O) groups excluding carboxylic acids is 1. The summed E-state index contributed by atoms with van der Waals surface area (Å²) >= 11 is 0. The molecule has 3 aromatic heterocycles. The van der Waals surface area contributed by atoms with Gasteiger partial charge < -0.3 is 20.1 Å². The second-order valence-corrected chi connectivity index (χ2v) is 7.96. The molecule has 1 atom stereocenters. The summed E-state index contributed by atoms with van der Waals surface area (Å²) in [4.78, 5) is 28.7. The van der Waals surface area contributed by atoms with Crippen LogP contribution in [0, 0.1) is 0 Å². The van der Waals surface area contributed by atoms with Crippen LogP contribution >= 0.6 is 0 Å². The number of pyridine rings is 1. The zero-order chi connectivity index (χ0) is 23.7. The molecular weight excluding hydrogens is 434 g/mol. The Morgan fingerprint density at radius 1 is 1.15 bits per heavy atom. The maximum Gasteiger partial charge on any atom is 0.254 e. The van der Waals surface area contributed by atoms with Gasteiger partial charge in [0.2, 0.25) is 5.88 Å². The predicted octanol–water partition coefficient (Wildman–Crippen LogP) is 2.84. The smallest absolute Gasteiger partial charge is 0.254 e. The molecule has 4 heterocycles. The number of hydrogen-bond acceptors (Lipinski definition) is 9. The fourth-order valence-corrected chi connectivity index (χ4v) is 4.04. The van der Waals surface area contributed by atoms with Crippen molar-refractivity contribution in [2.75, 3.05) is 12.8 Å². The summed E-state index contributed by atoms with van der Waals surface area (Å²) in [5, 5.41) is 9.09. The van der Waals surface area contributed by atoms with Gasteiger partial charge in [0.15, 0.2) is 0 Å². The summed E-state index contributed by atoms with van der Waals surface area (Å²) in [6.07, 6.45) is 3.31. The summed E-state index contributed by atoms with van der Waals surface area (Å²) in [5.41, 5.74) is 9.80. The van der Waals surface area contributed by atoms with Gasteiger partial charge in [-0.25, -0.2) is 15.0 Å². The Balaban J connectivity index is 1.54. The minimum atomic E-state index is -0.410. The normalized spacial score (nSPS) is 13.5. The van der Waals surface area contributed by atoms with Crippen LogP contribution in [0.25, 0.3) is 10.9 Å². The number of aromatic nitrogens is 5. The van der Waals surface area contributed by atoms with Crippen molar-refractivity contribution in [3.63, 3.8) is 0 Å². The summed E-state index contributed by atoms with van der Waals surface area (Å²) in [7, 11) is 1.53. The number of rotatable bonds is 6. The fraction of sp³-hybridized carbons (Fsp3) is 0.250. The Labute approximate surface area is 195 Å². The molecule has 0 spiro atoms. The lowest BCUT2D eigenvalue weighted by atomic mass is 10.0. The van der Waals surface area contributed by atoms with Crippen LogP contribution in [0.5, 0.6) is 5.88 Å². The van der Waals surface area contributed by atoms with Crippen LogP contribution < -0.4 is 10.5 Å². The standard InChI is InChI=1S/C24H23N7O3/c1-14(23-26-8-3-9-27-23)31(11-16-5-7-21(33-2)30-29-16)24(32)15-4-6-20-17(10-15)18-12-34-13-19(18)22(25)28-20/h3-10,14H,11-13H2,1-2H3,(H2,25,28). The average Bonchev–Trinajstić information content (AvgIpc) is 3.38. The number of carbonyl (C=O) groups is 1. The molecule has 0 fully saturated rings. The SMILES string of the molecule is COc1ccc(CN(C(=O)c2ccc3nc(N)c4c(c3c2)COC4)C(C)c2ncccn2)nn1. The van der Waals surface area contributed by atoms with E-state index in [2.05, 4.69) is 25.1 Å². The van der Waals surface area contributed by atoms with E-state index in [-0.39, 0.29) is 12.5 Å². The van der Waals surface area contributed by atoms with Crippen LogP contribution in [0.2, 0.25) is 0 Å². The van der Waals surface area contributed by atoms with E-state index in [4.69, 9.17) is 15.2 Å². The van der Waals surface area contributed by atoms with E-state index in [0.717, 1.165) is 22.0 Å². The van der Waals surface area contributed by atoms with Crippen molar-refractivity contribution < 1.29 is 14.3 Å². The molecule has 2 N–H and O–H groups in total. The Morgan fingerprint density at radius 2 is 1.94 bits per heavy atom. The number of nitrogen functional groups attached to an aromatic ring is 1. The molecule has 0 saturated heterocycles. The number of methoxy groups -OCH3 is 1. The van der Waals surface area contributed by atoms with Gasteiger partial charge in [0.05, 0.1) is 44.1 Å². The summed E-state index contributed by atoms with van der Waals surface area (Å²) in [6.45, 7) is 2.97. The number of fused-ring (bicyclic) bond motifs is 3. The molecule has 172 valence electrons. The third-order valence-electron chi connectivity index (χ3n) is 5.90. The van der Waals surface area contributed by atoms with Crippen molar-refractivity contribution in [1.29, 1.82) is 0 Å². The maximum atomic E-state index is 13.8. The van der Waals surface area contributed by atoms with Gasteiger partial charge >= 0.3 is 0 Å². The lowest BCUT2D eigenvalue weighted by Gasteiger charge is -2.28. The molecule has 1 aliphatic heterocycles. The van der Waals surface area contributed by atoms with Crippen LogP contribution in [0.1, 0.15) is 46.0 Å². The summed E-state index contributed by atoms with van der Waals surface area (Å²) in [6, 6.07) is 10.2. The molecule has 0 radical (unpaired) electrons. The molecule has 1 amide bonds. The van der Waals surface area contributed by atoms with Crippen LogP contribution in [0.15, 0.2) is 48.8 Å². The van der Waals surface area contributed by atoms with Crippen LogP contribution in [0.4, 0.5) is 5.82 Å². The number of nitrogens with zero attached hydrogens (tertiary/aromatic N) is 6. The lowest BCUT2D eigenvalue weighted by Crippen LogP contribution is -2.34. The highest BCUT2D eigenvalue weighted by Gasteiger charge is 2.27. The molecule has 0 bridgehead atoms. The van der Waals surface area contributed by atoms with E-state index in [1.165, 1.54) is 7.11 Å². The van der Waals surface area contributed by atoms with Crippen LogP contribution in [-0.4, -0.2) is 43.1 Å². The van der Waals surface area contributed by atoms with Gasteiger partial charge in [0.1, 0.15) is 11.6 Å². The average molecular weight is 457 g/mol. The van der Waals surface area contributed by atoms with E-state index in [1.54, 1.807) is 41.6 Å². The molecule has 1 aromatic carbocycles. The number of amides is 1. The van der Waals surface area contributed by atoms with Gasteiger partial charge in [0, 0.05) is 35.0 Å². The molecule has 0 aliphatic carbocycles. The van der Waals surface area contributed by atoms with Crippen molar-refractivity contribution in [2.24, 2.45) is 0 Å². The summed E-state index contributed by atoms with van der Waals surface area (Å²) < 4.78 is 10.7. The number of anilines is 1. The molecule has 10 heteroatoms. The molecule has 1 unspecified atom stereocenters. The van der Waals surface area contributed by atoms with Crippen LogP contribution in [-0.2, 0) is 24.5 Å². The van der Waals surface area contributed by atoms with Crippen molar-refractivity contribution >= 4 is 22.6 Å². The first-order chi connectivity index (χ1) is 16.5. The van der Waals surface area contributed by atoms with Crippen molar-refractivity contribution in [3.8, 4) is 5.88 Å². The van der Waals surface area contributed by atoms with E-state index < -0.39 is 6.04 Å². The quantitative estimate of drug-likeness (QED) is 0.464. The zero-order valence-corrected chi connectivity index (χ0v) is 18.8. The summed E-state index contributed by atoms with van der Waals surface area (Å²) in [5.74, 6) is 1.21. The van der Waals surface area contributed by atoms with Gasteiger partial charge in [0.25, 0.3) is 5.91 Å². The van der Waals surface area contributed by atoms with Crippen LogP contribution in [0.3, 0.4) is 0 Å². The highest BCUT2D eigenvalue weighted by atomic mass is 16.5. The van der Waals surface area contributed by atoms with E-state index >= 15 is 0 Å². The van der Waals surface area contributed by atoms with Gasteiger partial charge in [-0.15, -0.1) is 5.10 Å². The first-order valence-electron chi connectivity index (χ1n) is 10.8. The topological polar surface area (TPSA) is 129 Å².